The lowest BCUT2D eigenvalue weighted by molar-refractivity contribution is 0.0693. The number of thiophene rings is 1. The molecule has 0 fully saturated rings. The van der Waals surface area contributed by atoms with Gasteiger partial charge in [-0.2, -0.15) is 0 Å². The maximum absolute atomic E-state index is 11.9. The highest BCUT2D eigenvalue weighted by atomic mass is 32.1. The first-order valence-electron chi connectivity index (χ1n) is 8.45. The number of carboxylic acid groups (broad SMARTS) is 1. The van der Waals surface area contributed by atoms with Crippen LogP contribution in [0.3, 0.4) is 0 Å². The summed E-state index contributed by atoms with van der Waals surface area (Å²) < 4.78 is 0. The normalized spacial score (nSPS) is 16.2. The molecule has 1 aliphatic rings. The molecule has 1 aromatic heterocycles. The van der Waals surface area contributed by atoms with Crippen LogP contribution < -0.4 is 0 Å². The van der Waals surface area contributed by atoms with Crippen molar-refractivity contribution < 1.29 is 9.90 Å². The number of hydrogen-bond acceptors (Lipinski definition) is 3. The average molecular weight is 343 g/mol. The number of aromatic carboxylic acids is 1. The number of hydrogen-bond donors (Lipinski definition) is 1. The van der Waals surface area contributed by atoms with E-state index in [1.54, 1.807) is 11.3 Å². The smallest absolute Gasteiger partial charge is 0.337 e. The fraction of sp³-hybridized carbons (Fsp3) is 0.450. The van der Waals surface area contributed by atoms with E-state index in [0.717, 1.165) is 36.2 Å². The van der Waals surface area contributed by atoms with Gasteiger partial charge in [-0.05, 0) is 42.9 Å². The molecule has 0 atom stereocenters. The Morgan fingerprint density at radius 3 is 2.62 bits per heavy atom. The lowest BCUT2D eigenvalue weighted by atomic mass is 9.76. The summed E-state index contributed by atoms with van der Waals surface area (Å²) in [6.07, 6.45) is 3.03. The van der Waals surface area contributed by atoms with Gasteiger partial charge < -0.3 is 5.11 Å². The maximum atomic E-state index is 11.9. The molecule has 1 aliphatic carbocycles. The van der Waals surface area contributed by atoms with Crippen LogP contribution >= 0.6 is 11.3 Å². The maximum Gasteiger partial charge on any atom is 0.337 e. The van der Waals surface area contributed by atoms with Gasteiger partial charge in [0.1, 0.15) is 0 Å². The highest BCUT2D eigenvalue weighted by Gasteiger charge is 2.32. The van der Waals surface area contributed by atoms with Gasteiger partial charge in [0, 0.05) is 22.8 Å². The van der Waals surface area contributed by atoms with Gasteiger partial charge in [0.15, 0.2) is 0 Å². The fourth-order valence-corrected chi connectivity index (χ4v) is 4.93. The molecule has 1 heterocycles. The van der Waals surface area contributed by atoms with Crippen molar-refractivity contribution in [2.24, 2.45) is 5.41 Å². The Morgan fingerprint density at radius 1 is 1.25 bits per heavy atom. The second kappa shape index (κ2) is 6.69. The van der Waals surface area contributed by atoms with Gasteiger partial charge in [-0.25, -0.2) is 4.79 Å². The average Bonchev–Trinajstić information content (AvgIpc) is 2.83. The number of carbonyl (C=O) groups is 1. The molecule has 0 radical (unpaired) electrons. The van der Waals surface area contributed by atoms with Crippen LogP contribution in [-0.2, 0) is 25.9 Å². The second-order valence-corrected chi connectivity index (χ2v) is 8.80. The standard InChI is InChI=1S/C20H25NO2S/c1-20(2)10-9-16-15(11-20)18(19(22)23)17(24-16)13-21(3)12-14-7-5-4-6-8-14/h4-8H,9-13H2,1-3H3,(H,22,23). The van der Waals surface area contributed by atoms with Crippen molar-refractivity contribution in [1.29, 1.82) is 0 Å². The SMILES string of the molecule is CN(Cc1ccccc1)Cc1sc2c(c1C(=O)O)CC(C)(C)CC2. The van der Waals surface area contributed by atoms with Gasteiger partial charge in [-0.3, -0.25) is 4.90 Å². The zero-order valence-corrected chi connectivity index (χ0v) is 15.4. The van der Waals surface area contributed by atoms with Crippen LogP contribution in [0.1, 0.15) is 51.5 Å². The van der Waals surface area contributed by atoms with Gasteiger partial charge in [0.2, 0.25) is 0 Å². The summed E-state index contributed by atoms with van der Waals surface area (Å²) in [6.45, 7) is 5.99. The predicted molar refractivity (Wildman–Crippen MR) is 98.7 cm³/mol. The molecule has 3 nitrogen and oxygen atoms in total. The molecule has 24 heavy (non-hydrogen) atoms. The van der Waals surface area contributed by atoms with E-state index in [0.29, 0.717) is 12.1 Å². The van der Waals surface area contributed by atoms with Crippen molar-refractivity contribution in [1.82, 2.24) is 4.90 Å². The summed E-state index contributed by atoms with van der Waals surface area (Å²) in [4.78, 5) is 16.4. The second-order valence-electron chi connectivity index (χ2n) is 7.61. The molecule has 0 aliphatic heterocycles. The Morgan fingerprint density at radius 2 is 1.96 bits per heavy atom. The third-order valence-corrected chi connectivity index (χ3v) is 6.05. The summed E-state index contributed by atoms with van der Waals surface area (Å²) in [6, 6.07) is 10.3. The first-order chi connectivity index (χ1) is 11.4. The molecule has 0 amide bonds. The first-order valence-corrected chi connectivity index (χ1v) is 9.26. The van der Waals surface area contributed by atoms with Crippen LogP contribution in [0.5, 0.6) is 0 Å². The largest absolute Gasteiger partial charge is 0.478 e. The Hall–Kier alpha value is -1.65. The van der Waals surface area contributed by atoms with Crippen LogP contribution in [0, 0.1) is 5.41 Å². The van der Waals surface area contributed by atoms with Gasteiger partial charge in [-0.1, -0.05) is 44.2 Å². The monoisotopic (exact) mass is 343 g/mol. The topological polar surface area (TPSA) is 40.5 Å². The molecule has 0 bridgehead atoms. The molecular formula is C20H25NO2S. The third-order valence-electron chi connectivity index (χ3n) is 4.77. The quantitative estimate of drug-likeness (QED) is 0.863. The van der Waals surface area contributed by atoms with Crippen molar-refractivity contribution in [2.45, 2.75) is 46.2 Å². The van der Waals surface area contributed by atoms with Crippen molar-refractivity contribution in [2.75, 3.05) is 7.05 Å². The number of aryl methyl sites for hydroxylation is 1. The summed E-state index contributed by atoms with van der Waals surface area (Å²) in [5, 5.41) is 9.77. The molecule has 0 saturated heterocycles. The highest BCUT2D eigenvalue weighted by molar-refractivity contribution is 7.12. The minimum absolute atomic E-state index is 0.200. The molecule has 1 aromatic carbocycles. The van der Waals surface area contributed by atoms with Gasteiger partial charge >= 0.3 is 5.97 Å². The molecule has 0 unspecified atom stereocenters. The predicted octanol–water partition coefficient (Wildman–Crippen LogP) is 4.59. The molecule has 128 valence electrons. The minimum atomic E-state index is -0.770. The van der Waals surface area contributed by atoms with E-state index in [-0.39, 0.29) is 5.41 Å². The zero-order valence-electron chi connectivity index (χ0n) is 14.6. The van der Waals surface area contributed by atoms with E-state index >= 15 is 0 Å². The number of nitrogens with zero attached hydrogens (tertiary/aromatic N) is 1. The van der Waals surface area contributed by atoms with Crippen molar-refractivity contribution in [3.05, 3.63) is 56.8 Å². The van der Waals surface area contributed by atoms with Crippen molar-refractivity contribution in [3.63, 3.8) is 0 Å². The number of rotatable bonds is 5. The number of carboxylic acids is 1. The van der Waals surface area contributed by atoms with Crippen LogP contribution in [-0.4, -0.2) is 23.0 Å². The van der Waals surface area contributed by atoms with Crippen LogP contribution in [0.25, 0.3) is 0 Å². The molecule has 4 heteroatoms. The van der Waals surface area contributed by atoms with E-state index in [2.05, 4.69) is 37.9 Å². The Balaban J connectivity index is 1.83. The summed E-state index contributed by atoms with van der Waals surface area (Å²) >= 11 is 1.71. The first kappa shape index (κ1) is 17.2. The van der Waals surface area contributed by atoms with Crippen molar-refractivity contribution >= 4 is 17.3 Å². The highest BCUT2D eigenvalue weighted by Crippen LogP contribution is 2.41. The Kier molecular flexibility index (Phi) is 4.79. The Bertz CT molecular complexity index is 734. The van der Waals surface area contributed by atoms with E-state index < -0.39 is 5.97 Å². The van der Waals surface area contributed by atoms with E-state index in [4.69, 9.17) is 0 Å². The van der Waals surface area contributed by atoms with Crippen molar-refractivity contribution in [3.8, 4) is 0 Å². The summed E-state index contributed by atoms with van der Waals surface area (Å²) in [5.74, 6) is -0.770. The zero-order chi connectivity index (χ0) is 17.3. The summed E-state index contributed by atoms with van der Waals surface area (Å²) in [7, 11) is 2.06. The van der Waals surface area contributed by atoms with E-state index in [1.165, 1.54) is 10.4 Å². The van der Waals surface area contributed by atoms with Gasteiger partial charge in [0.05, 0.1) is 5.56 Å². The lowest BCUT2D eigenvalue weighted by Crippen LogP contribution is -2.23. The molecule has 0 saturated carbocycles. The number of benzene rings is 1. The summed E-state index contributed by atoms with van der Waals surface area (Å²) in [5.41, 5.74) is 3.11. The number of fused-ring (bicyclic) bond motifs is 1. The molecular weight excluding hydrogens is 318 g/mol. The third kappa shape index (κ3) is 3.70. The van der Waals surface area contributed by atoms with Crippen LogP contribution in [0.4, 0.5) is 0 Å². The molecule has 1 N–H and O–H groups in total. The fourth-order valence-electron chi connectivity index (χ4n) is 3.53. The molecule has 2 aromatic rings. The van der Waals surface area contributed by atoms with E-state index in [1.807, 2.05) is 18.2 Å². The Labute approximate surface area is 147 Å². The van der Waals surface area contributed by atoms with Gasteiger partial charge in [-0.15, -0.1) is 11.3 Å². The van der Waals surface area contributed by atoms with Crippen LogP contribution in [0.2, 0.25) is 0 Å². The van der Waals surface area contributed by atoms with Crippen LogP contribution in [0.15, 0.2) is 30.3 Å². The van der Waals surface area contributed by atoms with Gasteiger partial charge in [0.25, 0.3) is 0 Å². The molecule has 3 rings (SSSR count). The minimum Gasteiger partial charge on any atom is -0.478 e. The molecule has 0 spiro atoms. The lowest BCUT2D eigenvalue weighted by Gasteiger charge is -2.29. The van der Waals surface area contributed by atoms with E-state index in [9.17, 15) is 9.90 Å².